The van der Waals surface area contributed by atoms with Gasteiger partial charge in [-0.3, -0.25) is 14.5 Å². The van der Waals surface area contributed by atoms with Crippen LogP contribution >= 0.6 is 11.3 Å². The Bertz CT molecular complexity index is 942. The van der Waals surface area contributed by atoms with E-state index in [1.165, 1.54) is 17.0 Å². The molecule has 1 N–H and O–H groups in total. The van der Waals surface area contributed by atoms with Crippen LogP contribution in [0.3, 0.4) is 0 Å². The average Bonchev–Trinajstić information content (AvgIpc) is 3.24. The van der Waals surface area contributed by atoms with E-state index in [0.29, 0.717) is 6.42 Å². The van der Waals surface area contributed by atoms with Crippen LogP contribution in [-0.4, -0.2) is 41.2 Å². The molecule has 28 heavy (non-hydrogen) atoms. The molecule has 4 amide bonds. The topological polar surface area (TPSA) is 69.7 Å². The SMILES string of the molecule is CN(Cc1ccc(F)cc1)C(=O)CN1C(=O)N[C@@]2(CCCc3sccc32)C1=O. The van der Waals surface area contributed by atoms with E-state index in [1.807, 2.05) is 11.4 Å². The first-order chi connectivity index (χ1) is 13.4. The molecule has 1 spiro atoms. The summed E-state index contributed by atoms with van der Waals surface area (Å²) in [6.45, 7) is -0.0494. The fourth-order valence-electron chi connectivity index (χ4n) is 3.89. The lowest BCUT2D eigenvalue weighted by Crippen LogP contribution is -2.46. The van der Waals surface area contributed by atoms with Crippen molar-refractivity contribution in [2.75, 3.05) is 13.6 Å². The zero-order chi connectivity index (χ0) is 19.9. The highest BCUT2D eigenvalue weighted by Gasteiger charge is 2.54. The molecule has 8 heteroatoms. The summed E-state index contributed by atoms with van der Waals surface area (Å²) in [7, 11) is 1.59. The summed E-state index contributed by atoms with van der Waals surface area (Å²) in [5.41, 5.74) is 0.582. The van der Waals surface area contributed by atoms with Gasteiger partial charge in [-0.15, -0.1) is 11.3 Å². The molecule has 1 aliphatic heterocycles. The highest BCUT2D eigenvalue weighted by Crippen LogP contribution is 2.42. The van der Waals surface area contributed by atoms with Crippen molar-refractivity contribution in [2.45, 2.75) is 31.3 Å². The second-order valence-electron chi connectivity index (χ2n) is 7.21. The van der Waals surface area contributed by atoms with E-state index in [9.17, 15) is 18.8 Å². The molecule has 146 valence electrons. The predicted molar refractivity (Wildman–Crippen MR) is 102 cm³/mol. The van der Waals surface area contributed by atoms with E-state index in [1.54, 1.807) is 30.5 Å². The van der Waals surface area contributed by atoms with Crippen LogP contribution in [0.15, 0.2) is 35.7 Å². The van der Waals surface area contributed by atoms with E-state index < -0.39 is 11.6 Å². The number of rotatable bonds is 4. The number of hydrogen-bond acceptors (Lipinski definition) is 4. The van der Waals surface area contributed by atoms with Crippen LogP contribution < -0.4 is 5.32 Å². The summed E-state index contributed by atoms with van der Waals surface area (Å²) in [5, 5.41) is 4.78. The molecule has 0 radical (unpaired) electrons. The molecule has 2 aliphatic rings. The van der Waals surface area contributed by atoms with E-state index in [2.05, 4.69) is 5.32 Å². The third-order valence-corrected chi connectivity index (χ3v) is 6.37. The van der Waals surface area contributed by atoms with Crippen molar-refractivity contribution in [1.82, 2.24) is 15.1 Å². The van der Waals surface area contributed by atoms with Crippen molar-refractivity contribution in [3.63, 3.8) is 0 Å². The van der Waals surface area contributed by atoms with Gasteiger partial charge in [-0.05, 0) is 48.4 Å². The third-order valence-electron chi connectivity index (χ3n) is 5.39. The molecule has 0 bridgehead atoms. The number of urea groups is 1. The fourth-order valence-corrected chi connectivity index (χ4v) is 4.89. The molecule has 1 aromatic carbocycles. The van der Waals surface area contributed by atoms with Gasteiger partial charge >= 0.3 is 6.03 Å². The Hall–Kier alpha value is -2.74. The van der Waals surface area contributed by atoms with Crippen molar-refractivity contribution in [2.24, 2.45) is 0 Å². The molecular formula is C20H20FN3O3S. The molecule has 0 unspecified atom stereocenters. The standard InChI is InChI=1S/C20H20FN3O3S/c1-23(11-13-4-6-14(21)7-5-13)17(25)12-24-18(26)20(22-19(24)27)9-2-3-16-15(20)8-10-28-16/h4-8,10H,2-3,9,11-12H2,1H3,(H,22,27)/t20-/m1/s1. The van der Waals surface area contributed by atoms with E-state index in [4.69, 9.17) is 0 Å². The van der Waals surface area contributed by atoms with Crippen LogP contribution in [0.25, 0.3) is 0 Å². The highest BCUT2D eigenvalue weighted by atomic mass is 32.1. The second-order valence-corrected chi connectivity index (χ2v) is 8.21. The molecule has 2 aromatic rings. The van der Waals surface area contributed by atoms with Crippen LogP contribution in [0.2, 0.25) is 0 Å². The van der Waals surface area contributed by atoms with Crippen LogP contribution in [0.4, 0.5) is 9.18 Å². The molecular weight excluding hydrogens is 381 g/mol. The van der Waals surface area contributed by atoms with Crippen LogP contribution in [0.1, 0.15) is 28.8 Å². The number of hydrogen-bond donors (Lipinski definition) is 1. The second kappa shape index (κ2) is 7.01. The van der Waals surface area contributed by atoms with Crippen molar-refractivity contribution >= 4 is 29.2 Å². The van der Waals surface area contributed by atoms with Crippen molar-refractivity contribution in [3.8, 4) is 0 Å². The minimum atomic E-state index is -1.04. The zero-order valence-corrected chi connectivity index (χ0v) is 16.2. The molecule has 6 nitrogen and oxygen atoms in total. The maximum absolute atomic E-state index is 13.1. The van der Waals surface area contributed by atoms with Crippen LogP contribution in [-0.2, 0) is 28.1 Å². The number of aryl methyl sites for hydroxylation is 1. The van der Waals surface area contributed by atoms with Crippen molar-refractivity contribution in [3.05, 3.63) is 57.5 Å². The van der Waals surface area contributed by atoms with Gasteiger partial charge in [-0.25, -0.2) is 9.18 Å². The summed E-state index contributed by atoms with van der Waals surface area (Å²) in [6.07, 6.45) is 2.25. The maximum atomic E-state index is 13.1. The van der Waals surface area contributed by atoms with Crippen molar-refractivity contribution < 1.29 is 18.8 Å². The first-order valence-corrected chi connectivity index (χ1v) is 9.98. The average molecular weight is 401 g/mol. The normalized spacial score (nSPS) is 21.0. The number of halogens is 1. The number of imide groups is 1. The number of thiophene rings is 1. The molecule has 1 atom stereocenters. The summed E-state index contributed by atoms with van der Waals surface area (Å²) in [4.78, 5) is 41.8. The predicted octanol–water partition coefficient (Wildman–Crippen LogP) is 2.63. The van der Waals surface area contributed by atoms with Gasteiger partial charge in [0.2, 0.25) is 5.91 Å². The summed E-state index contributed by atoms with van der Waals surface area (Å²) < 4.78 is 13.0. The first-order valence-electron chi connectivity index (χ1n) is 9.10. The Morgan fingerprint density at radius 2 is 2.04 bits per heavy atom. The Morgan fingerprint density at radius 1 is 1.29 bits per heavy atom. The number of fused-ring (bicyclic) bond motifs is 2. The van der Waals surface area contributed by atoms with E-state index in [0.717, 1.165) is 33.7 Å². The molecule has 2 heterocycles. The van der Waals surface area contributed by atoms with Crippen molar-refractivity contribution in [1.29, 1.82) is 0 Å². The maximum Gasteiger partial charge on any atom is 0.325 e. The molecule has 1 aromatic heterocycles. The largest absolute Gasteiger partial charge is 0.340 e. The van der Waals surface area contributed by atoms with Gasteiger partial charge in [0.1, 0.15) is 17.9 Å². The molecule has 1 saturated heterocycles. The van der Waals surface area contributed by atoms with E-state index >= 15 is 0 Å². The number of carbonyl (C=O) groups excluding carboxylic acids is 3. The lowest BCUT2D eigenvalue weighted by molar-refractivity contribution is -0.139. The Morgan fingerprint density at radius 3 is 2.79 bits per heavy atom. The number of nitrogens with zero attached hydrogens (tertiary/aromatic N) is 2. The summed E-state index contributed by atoms with van der Waals surface area (Å²) >= 11 is 1.59. The number of benzene rings is 1. The first kappa shape index (κ1) is 18.6. The van der Waals surface area contributed by atoms with Gasteiger partial charge in [0.15, 0.2) is 0 Å². The smallest absolute Gasteiger partial charge is 0.325 e. The number of likely N-dealkylation sites (N-methyl/N-ethyl adjacent to an activating group) is 1. The molecule has 1 fully saturated rings. The number of carbonyl (C=O) groups is 3. The van der Waals surface area contributed by atoms with Crippen LogP contribution in [0, 0.1) is 5.82 Å². The Labute approximate surface area is 165 Å². The lowest BCUT2D eigenvalue weighted by Gasteiger charge is -2.31. The van der Waals surface area contributed by atoms with Gasteiger partial charge in [-0.1, -0.05) is 12.1 Å². The van der Waals surface area contributed by atoms with Gasteiger partial charge in [0, 0.05) is 24.0 Å². The Balaban J connectivity index is 1.48. The quantitative estimate of drug-likeness (QED) is 0.801. The number of nitrogens with one attached hydrogen (secondary N) is 1. The Kier molecular flexibility index (Phi) is 4.66. The minimum Gasteiger partial charge on any atom is -0.340 e. The minimum absolute atomic E-state index is 0.266. The highest BCUT2D eigenvalue weighted by molar-refractivity contribution is 7.10. The molecule has 1 aliphatic carbocycles. The van der Waals surface area contributed by atoms with Gasteiger partial charge in [0.05, 0.1) is 0 Å². The lowest BCUT2D eigenvalue weighted by atomic mass is 9.80. The summed E-state index contributed by atoms with van der Waals surface area (Å²) in [6, 6.07) is 7.22. The fraction of sp³-hybridized carbons (Fsp3) is 0.350. The van der Waals surface area contributed by atoms with Gasteiger partial charge in [-0.2, -0.15) is 0 Å². The van der Waals surface area contributed by atoms with Gasteiger partial charge in [0.25, 0.3) is 5.91 Å². The third kappa shape index (κ3) is 3.07. The van der Waals surface area contributed by atoms with Crippen LogP contribution in [0.5, 0.6) is 0 Å². The zero-order valence-electron chi connectivity index (χ0n) is 15.4. The number of amides is 4. The summed E-state index contributed by atoms with van der Waals surface area (Å²) in [5.74, 6) is -1.06. The van der Waals surface area contributed by atoms with E-state index in [-0.39, 0.29) is 30.7 Å². The molecule has 0 saturated carbocycles. The molecule has 4 rings (SSSR count). The van der Waals surface area contributed by atoms with Gasteiger partial charge < -0.3 is 10.2 Å². The monoisotopic (exact) mass is 401 g/mol.